The van der Waals surface area contributed by atoms with E-state index >= 15 is 0 Å². The van der Waals surface area contributed by atoms with Crippen molar-refractivity contribution in [1.29, 1.82) is 0 Å². The fourth-order valence-electron chi connectivity index (χ4n) is 11.2. The summed E-state index contributed by atoms with van der Waals surface area (Å²) in [6.07, 6.45) is 10.9. The fourth-order valence-corrected chi connectivity index (χ4v) is 11.2. The number of likely N-dealkylation sites (tertiary alicyclic amines) is 3. The van der Waals surface area contributed by atoms with Gasteiger partial charge in [-0.25, -0.2) is 0 Å². The molecule has 0 unspecified atom stereocenters. The van der Waals surface area contributed by atoms with Gasteiger partial charge in [-0.05, 0) is 296 Å². The predicted octanol–water partition coefficient (Wildman–Crippen LogP) is 10.8. The number of benzene rings is 1. The van der Waals surface area contributed by atoms with Gasteiger partial charge >= 0.3 is 0 Å². The average Bonchev–Trinajstić information content (AvgIpc) is 1.53. The van der Waals surface area contributed by atoms with Crippen LogP contribution < -0.4 is 16.0 Å². The van der Waals surface area contributed by atoms with Crippen molar-refractivity contribution in [1.82, 2.24) is 79.6 Å². The minimum absolute atomic E-state index is 0.369. The Morgan fingerprint density at radius 1 is 0.436 bits per heavy atom. The quantitative estimate of drug-likeness (QED) is 0.0639. The van der Waals surface area contributed by atoms with Crippen LogP contribution in [0.25, 0.3) is 0 Å². The SMILES string of the molecule is CC(C)N(C)C1CCN(C)CC1.CC(C)N(C)CCCN(C)C.CC(C)N(C)CCN(C)C.CC(C)N1CCC(N2CCCC2)CC1.CC(C)N1CCN(Cc2ccccc2)CC1.CC(C)NCC(C)(C)CN(C)C.CC(C)NCCCN(C)C.CC(C)NCCN(C)C. The van der Waals surface area contributed by atoms with E-state index in [-0.39, 0.29) is 0 Å². The van der Waals surface area contributed by atoms with E-state index in [1.165, 1.54) is 142 Å². The monoisotopic (exact) mass is 1330 g/mol. The molecular formula is C78H172N16. The third-order valence-corrected chi connectivity index (χ3v) is 18.3. The van der Waals surface area contributed by atoms with Gasteiger partial charge in [0.05, 0.1) is 0 Å². The number of piperidine rings is 2. The van der Waals surface area contributed by atoms with Crippen molar-refractivity contribution < 1.29 is 0 Å². The summed E-state index contributed by atoms with van der Waals surface area (Å²) in [7, 11) is 29.9. The zero-order valence-electron chi connectivity index (χ0n) is 69.5. The molecule has 0 aliphatic carbocycles. The number of nitrogens with zero attached hydrogens (tertiary/aromatic N) is 13. The van der Waals surface area contributed by atoms with E-state index < -0.39 is 0 Å². The first-order valence-corrected chi connectivity index (χ1v) is 38.0. The summed E-state index contributed by atoms with van der Waals surface area (Å²) in [6.45, 7) is 65.6. The number of likely N-dealkylation sites (N-methyl/N-ethyl adjacent to an activating group) is 3. The molecule has 4 saturated heterocycles. The Labute approximate surface area is 590 Å². The molecule has 4 heterocycles. The van der Waals surface area contributed by atoms with Gasteiger partial charge in [0.1, 0.15) is 0 Å². The second kappa shape index (κ2) is 58.2. The van der Waals surface area contributed by atoms with E-state index in [1.54, 1.807) is 0 Å². The van der Waals surface area contributed by atoms with Crippen molar-refractivity contribution >= 4 is 0 Å². The van der Waals surface area contributed by atoms with Crippen molar-refractivity contribution in [2.45, 2.75) is 243 Å². The van der Waals surface area contributed by atoms with Crippen LogP contribution in [0.15, 0.2) is 30.3 Å². The van der Waals surface area contributed by atoms with E-state index in [1.807, 2.05) is 0 Å². The molecule has 0 aromatic heterocycles. The van der Waals surface area contributed by atoms with Gasteiger partial charge in [-0.2, -0.15) is 0 Å². The molecule has 5 rings (SSSR count). The predicted molar refractivity (Wildman–Crippen MR) is 423 cm³/mol. The van der Waals surface area contributed by atoms with Gasteiger partial charge in [0.25, 0.3) is 0 Å². The fraction of sp³-hybridized carbons (Fsp3) is 0.923. The third-order valence-electron chi connectivity index (χ3n) is 18.3. The Morgan fingerprint density at radius 2 is 0.872 bits per heavy atom. The highest BCUT2D eigenvalue weighted by atomic mass is 15.3. The highest BCUT2D eigenvalue weighted by Gasteiger charge is 2.27. The van der Waals surface area contributed by atoms with Crippen molar-refractivity contribution in [3.05, 3.63) is 35.9 Å². The Hall–Kier alpha value is -1.42. The number of hydrogen-bond donors (Lipinski definition) is 3. The summed E-state index contributed by atoms with van der Waals surface area (Å²) < 4.78 is 0. The maximum absolute atomic E-state index is 3.46. The molecule has 0 spiro atoms. The average molecular weight is 1330 g/mol. The lowest BCUT2D eigenvalue weighted by Gasteiger charge is -2.38. The minimum atomic E-state index is 0.369. The molecule has 564 valence electrons. The largest absolute Gasteiger partial charge is 0.314 e. The number of nitrogens with one attached hydrogen (secondary N) is 3. The molecular weight excluding hydrogens is 1160 g/mol. The molecule has 4 fully saturated rings. The molecule has 1 aromatic carbocycles. The molecule has 4 aliphatic heterocycles. The molecule has 0 amide bonds. The van der Waals surface area contributed by atoms with E-state index in [9.17, 15) is 0 Å². The first-order valence-electron chi connectivity index (χ1n) is 38.0. The van der Waals surface area contributed by atoms with E-state index in [2.05, 4.69) is 333 Å². The van der Waals surface area contributed by atoms with Crippen molar-refractivity contribution in [3.63, 3.8) is 0 Å². The summed E-state index contributed by atoms with van der Waals surface area (Å²) in [6, 6.07) is 17.8. The van der Waals surface area contributed by atoms with Gasteiger partial charge in [-0.15, -0.1) is 0 Å². The first-order chi connectivity index (χ1) is 43.8. The van der Waals surface area contributed by atoms with Crippen LogP contribution in [-0.4, -0.2) is 354 Å². The summed E-state index contributed by atoms with van der Waals surface area (Å²) >= 11 is 0. The van der Waals surface area contributed by atoms with Gasteiger partial charge in [-0.1, -0.05) is 85.7 Å². The molecule has 0 atom stereocenters. The van der Waals surface area contributed by atoms with E-state index in [4.69, 9.17) is 0 Å². The van der Waals surface area contributed by atoms with Crippen LogP contribution in [0.2, 0.25) is 0 Å². The topological polar surface area (TPSA) is 78.2 Å². The highest BCUT2D eigenvalue weighted by Crippen LogP contribution is 2.22. The summed E-state index contributed by atoms with van der Waals surface area (Å²) in [5.41, 5.74) is 1.80. The summed E-state index contributed by atoms with van der Waals surface area (Å²) in [5, 5.41) is 10.2. The maximum atomic E-state index is 3.46. The lowest BCUT2D eigenvalue weighted by molar-refractivity contribution is 0.104. The van der Waals surface area contributed by atoms with Gasteiger partial charge in [-0.3, -0.25) is 9.80 Å². The van der Waals surface area contributed by atoms with Gasteiger partial charge in [0.15, 0.2) is 0 Å². The van der Waals surface area contributed by atoms with Crippen molar-refractivity contribution in [2.75, 3.05) is 230 Å². The molecule has 0 radical (unpaired) electrons. The molecule has 1 aromatic rings. The van der Waals surface area contributed by atoms with Gasteiger partial charge in [0, 0.05) is 132 Å². The minimum Gasteiger partial charge on any atom is -0.314 e. The number of hydrogen-bond acceptors (Lipinski definition) is 16. The smallest absolute Gasteiger partial charge is 0.0234 e. The van der Waals surface area contributed by atoms with E-state index in [0.717, 1.165) is 70.5 Å². The Kier molecular flexibility index (Phi) is 60.0. The molecule has 94 heavy (non-hydrogen) atoms. The van der Waals surface area contributed by atoms with Crippen LogP contribution in [0.4, 0.5) is 0 Å². The molecule has 0 saturated carbocycles. The Balaban J connectivity index is -0.00000101. The van der Waals surface area contributed by atoms with Crippen LogP contribution in [0.3, 0.4) is 0 Å². The van der Waals surface area contributed by atoms with Crippen molar-refractivity contribution in [3.8, 4) is 0 Å². The van der Waals surface area contributed by atoms with Gasteiger partial charge in [0.2, 0.25) is 0 Å². The zero-order chi connectivity index (χ0) is 72.5. The molecule has 16 heteroatoms. The maximum Gasteiger partial charge on any atom is 0.0234 e. The first kappa shape index (κ1) is 96.8. The Morgan fingerprint density at radius 3 is 1.29 bits per heavy atom. The third kappa shape index (κ3) is 59.4. The molecule has 0 bridgehead atoms. The van der Waals surface area contributed by atoms with Crippen LogP contribution >= 0.6 is 0 Å². The van der Waals surface area contributed by atoms with Crippen LogP contribution in [0.1, 0.15) is 182 Å². The standard InChI is InChI=1S/C14H22N2.C12H24N2.C10H22N2.C10H24N2.C9H22N2.2C8H20N2.C7H18N2/c1-13(2)16-10-8-15(9-11-16)12-14-6-4-3-5-7-14;1-11(2)13-9-5-12(6-10-13)14-7-3-4-8-14;1-9(2)12(4)10-5-7-11(3)8-6-10;1-9(2)11-7-10(3,4)8-12(5)6;1-9(2)11(5)8-6-7-10(3)4;1-8(2)10(5)7-6-9(3)4;1-8(2)9-6-5-7-10(3)4;1-7(2)8-5-6-9(3)4/h3-7,13H,8-12H2,1-2H3;11-12H,3-10H2,1-2H3;9-10H,5-8H2,1-4H3;9,11H,7-8H2,1-6H3;9H,6-8H2,1-5H3;8H,6-7H2,1-5H3;8-9H,5-7H2,1-4H3;7-8H,5-6H2,1-4H3. The zero-order valence-corrected chi connectivity index (χ0v) is 69.5. The van der Waals surface area contributed by atoms with Crippen LogP contribution in [0.5, 0.6) is 0 Å². The molecule has 16 nitrogen and oxygen atoms in total. The lowest BCUT2D eigenvalue weighted by atomic mass is 9.93. The summed E-state index contributed by atoms with van der Waals surface area (Å²) in [5.74, 6) is 0. The van der Waals surface area contributed by atoms with E-state index in [0.29, 0.717) is 47.7 Å². The van der Waals surface area contributed by atoms with Crippen LogP contribution in [-0.2, 0) is 6.54 Å². The molecule has 4 aliphatic rings. The number of piperazine rings is 1. The molecule has 3 N–H and O–H groups in total. The second-order valence-electron chi connectivity index (χ2n) is 32.5. The Bertz CT molecular complexity index is 1710. The van der Waals surface area contributed by atoms with Crippen LogP contribution in [0, 0.1) is 5.41 Å². The van der Waals surface area contributed by atoms with Crippen molar-refractivity contribution in [2.24, 2.45) is 5.41 Å². The normalized spacial score (nSPS) is 16.9. The highest BCUT2D eigenvalue weighted by molar-refractivity contribution is 5.14. The summed E-state index contributed by atoms with van der Waals surface area (Å²) in [4.78, 5) is 31.2. The number of rotatable bonds is 30. The van der Waals surface area contributed by atoms with Gasteiger partial charge < -0.3 is 69.8 Å². The second-order valence-corrected chi connectivity index (χ2v) is 32.5. The lowest BCUT2D eigenvalue weighted by Crippen LogP contribution is -2.48.